The van der Waals surface area contributed by atoms with Crippen LogP contribution in [0.3, 0.4) is 0 Å². The van der Waals surface area contributed by atoms with Crippen LogP contribution in [0, 0.1) is 0 Å². The molecule has 28 rings (SSSR count). The zero-order valence-electron chi connectivity index (χ0n) is 74.0. The second kappa shape index (κ2) is 33.3. The lowest BCUT2D eigenvalue weighted by Crippen LogP contribution is -2.10. The SMILES string of the molecule is c1ccc(-c2ccc(N(c3cc(-c4ccccc4)c4c(c3)oc3ccccc34)c3cccc4c3ccc3c5ccccc5ccc43)cc2)cc1.c1ccc(N(c2ccc3oc4ccccc4c3c2)c2cccc3c2ccc2c4ccccc4ccc32)cc1.c1ccc2cc(-c3ccc(N(c4ccc5sc6ccccc6c5c4)c4cccc5c4ccc4c6ccccc6ccc54)cc3)ccc2c1. The summed E-state index contributed by atoms with van der Waals surface area (Å²) < 4.78 is 15.4. The summed E-state index contributed by atoms with van der Waals surface area (Å²) in [7, 11) is 0. The Morgan fingerprint density at radius 1 is 0.147 bits per heavy atom. The van der Waals surface area contributed by atoms with Crippen molar-refractivity contribution in [1.82, 2.24) is 0 Å². The average molecular weight is 1750 g/mol. The molecule has 5 nitrogen and oxygen atoms in total. The normalized spacial score (nSPS) is 11.7. The number of nitrogens with zero attached hydrogens (tertiary/aromatic N) is 3. The molecule has 0 N–H and O–H groups in total. The van der Waals surface area contributed by atoms with Gasteiger partial charge >= 0.3 is 0 Å². The van der Waals surface area contributed by atoms with Crippen molar-refractivity contribution in [2.75, 3.05) is 14.7 Å². The first-order valence-electron chi connectivity index (χ1n) is 46.5. The number of fused-ring (bicyclic) bond motifs is 25. The summed E-state index contributed by atoms with van der Waals surface area (Å²) in [6.45, 7) is 0. The quantitative estimate of drug-likeness (QED) is 0.114. The first kappa shape index (κ1) is 79.3. The van der Waals surface area contributed by atoms with Gasteiger partial charge in [0.15, 0.2) is 0 Å². The van der Waals surface area contributed by atoms with Crippen molar-refractivity contribution in [1.29, 1.82) is 0 Å². The molecular weight excluding hydrogens is 1670 g/mol. The lowest BCUT2D eigenvalue weighted by atomic mass is 9.95. The van der Waals surface area contributed by atoms with Crippen LogP contribution in [0.2, 0.25) is 0 Å². The van der Waals surface area contributed by atoms with Gasteiger partial charge in [-0.2, -0.15) is 0 Å². The van der Waals surface area contributed by atoms with E-state index in [1.807, 2.05) is 29.5 Å². The Balaban J connectivity index is 0.000000107. The predicted molar refractivity (Wildman–Crippen MR) is 582 cm³/mol. The standard InChI is InChI=1S/C48H31NO.C46H29NS.C36H23NO/c1-3-12-32(13-4-1)33-22-25-36(26-23-33)49(45-20-11-19-39-41-27-24-35-16-7-8-17-38(35)40(41)28-29-42(39)45)37-30-44(34-14-5-2-6-15-34)48-43-18-9-10-21-46(43)50-47(48)31-37;1-2-10-33-28-34(17-16-30(33)8-1)31-18-21-35(22-19-31)47(36-23-27-46-43(29-36)42-12-5-6-15-45(42)48-46)44-14-7-13-38-40-24-20-32-9-3-4-11-37(32)39(40)25-26-41(38)44;1-2-10-25(11-3-1)37(26-18-22-36-33(23-26)32-13-6-7-16-35(32)38-36)34-15-8-14-28-30-19-17-24-9-4-5-12-27(24)29(30)20-21-31(28)34/h1-31H;1-29H;1-23H. The molecule has 0 unspecified atom stereocenters. The Bertz CT molecular complexity index is 9580. The fourth-order valence-electron chi connectivity index (χ4n) is 21.1. The molecule has 0 radical (unpaired) electrons. The molecule has 0 amide bonds. The van der Waals surface area contributed by atoms with E-state index in [0.29, 0.717) is 0 Å². The number of anilines is 9. The van der Waals surface area contributed by atoms with Gasteiger partial charge in [-0.3, -0.25) is 0 Å². The zero-order valence-corrected chi connectivity index (χ0v) is 74.8. The van der Waals surface area contributed by atoms with Gasteiger partial charge in [0.1, 0.15) is 22.3 Å². The molecule has 0 atom stereocenters. The van der Waals surface area contributed by atoms with Crippen LogP contribution in [-0.4, -0.2) is 0 Å². The largest absolute Gasteiger partial charge is 0.456 e. The Hall–Kier alpha value is -17.7. The number of rotatable bonds is 12. The molecule has 3 aromatic heterocycles. The first-order valence-corrected chi connectivity index (χ1v) is 47.3. The Labute approximate surface area is 788 Å². The van der Waals surface area contributed by atoms with E-state index in [1.54, 1.807) is 0 Å². The lowest BCUT2D eigenvalue weighted by molar-refractivity contribution is 0.668. The van der Waals surface area contributed by atoms with E-state index < -0.39 is 0 Å². The van der Waals surface area contributed by atoms with Crippen molar-refractivity contribution in [3.05, 3.63) is 504 Å². The molecule has 136 heavy (non-hydrogen) atoms. The maximum Gasteiger partial charge on any atom is 0.138 e. The summed E-state index contributed by atoms with van der Waals surface area (Å²) >= 11 is 1.86. The van der Waals surface area contributed by atoms with Crippen molar-refractivity contribution in [3.63, 3.8) is 0 Å². The molecule has 636 valence electrons. The van der Waals surface area contributed by atoms with Crippen LogP contribution < -0.4 is 14.7 Å². The van der Waals surface area contributed by atoms with Crippen molar-refractivity contribution in [2.45, 2.75) is 0 Å². The van der Waals surface area contributed by atoms with Gasteiger partial charge in [0.25, 0.3) is 0 Å². The van der Waals surface area contributed by atoms with Gasteiger partial charge in [0, 0.05) is 92.4 Å². The van der Waals surface area contributed by atoms with Gasteiger partial charge in [0.05, 0.1) is 22.7 Å². The molecule has 0 saturated heterocycles. The number of hydrogen-bond acceptors (Lipinski definition) is 6. The van der Waals surface area contributed by atoms with Crippen LogP contribution in [0.25, 0.3) is 205 Å². The molecule has 0 saturated carbocycles. The van der Waals surface area contributed by atoms with Gasteiger partial charge in [-0.1, -0.05) is 376 Å². The van der Waals surface area contributed by atoms with E-state index in [2.05, 4.69) is 500 Å². The van der Waals surface area contributed by atoms with Crippen molar-refractivity contribution >= 4 is 234 Å². The van der Waals surface area contributed by atoms with Crippen LogP contribution in [-0.2, 0) is 0 Å². The molecule has 6 heteroatoms. The van der Waals surface area contributed by atoms with E-state index in [9.17, 15) is 0 Å². The highest BCUT2D eigenvalue weighted by Crippen LogP contribution is 2.51. The average Bonchev–Trinajstić information content (AvgIpc) is 1.51. The third-order valence-electron chi connectivity index (χ3n) is 27.5. The van der Waals surface area contributed by atoms with Gasteiger partial charge < -0.3 is 23.5 Å². The van der Waals surface area contributed by atoms with Crippen LogP contribution in [0.4, 0.5) is 51.2 Å². The van der Waals surface area contributed by atoms with E-state index in [1.165, 1.54) is 156 Å². The molecule has 0 aliphatic carbocycles. The first-order chi connectivity index (χ1) is 67.4. The fraction of sp³-hybridized carbons (Fsp3) is 0. The van der Waals surface area contributed by atoms with E-state index in [-0.39, 0.29) is 0 Å². The third kappa shape index (κ3) is 13.8. The fourth-order valence-corrected chi connectivity index (χ4v) is 22.2. The monoisotopic (exact) mass is 1750 g/mol. The maximum atomic E-state index is 6.61. The molecule has 28 aromatic rings. The number of para-hydroxylation sites is 3. The van der Waals surface area contributed by atoms with Gasteiger partial charge in [-0.05, 0) is 246 Å². The van der Waals surface area contributed by atoms with Crippen LogP contribution in [0.15, 0.2) is 512 Å². The van der Waals surface area contributed by atoms with E-state index in [4.69, 9.17) is 8.83 Å². The Morgan fingerprint density at radius 3 is 1.04 bits per heavy atom. The van der Waals surface area contributed by atoms with Crippen LogP contribution >= 0.6 is 11.3 Å². The Kier molecular flexibility index (Phi) is 19.4. The van der Waals surface area contributed by atoms with Crippen molar-refractivity contribution in [3.8, 4) is 33.4 Å². The molecule has 3 heterocycles. The minimum absolute atomic E-state index is 0.866. The highest BCUT2D eigenvalue weighted by molar-refractivity contribution is 7.25. The molecule has 0 fully saturated rings. The highest BCUT2D eigenvalue weighted by atomic mass is 32.1. The van der Waals surface area contributed by atoms with E-state index >= 15 is 0 Å². The van der Waals surface area contributed by atoms with Gasteiger partial charge in [0.2, 0.25) is 0 Å². The molecule has 25 aromatic carbocycles. The number of benzene rings is 25. The molecule has 0 spiro atoms. The van der Waals surface area contributed by atoms with Crippen LogP contribution in [0.1, 0.15) is 0 Å². The van der Waals surface area contributed by atoms with E-state index in [0.717, 1.165) is 101 Å². The molecule has 0 aliphatic heterocycles. The third-order valence-corrected chi connectivity index (χ3v) is 28.7. The predicted octanol–water partition coefficient (Wildman–Crippen LogP) is 38.2. The topological polar surface area (TPSA) is 36.0 Å². The summed E-state index contributed by atoms with van der Waals surface area (Å²) in [6, 6.07) is 182. The second-order valence-corrected chi connectivity index (χ2v) is 36.3. The summed E-state index contributed by atoms with van der Waals surface area (Å²) in [4.78, 5) is 7.19. The summed E-state index contributed by atoms with van der Waals surface area (Å²) in [6.07, 6.45) is 0. The lowest BCUT2D eigenvalue weighted by Gasteiger charge is -2.28. The minimum Gasteiger partial charge on any atom is -0.456 e. The summed E-state index contributed by atoms with van der Waals surface area (Å²) in [5.74, 6) is 0. The molecular formula is C130H83N3O2S. The number of thiophene rings is 1. The second-order valence-electron chi connectivity index (χ2n) is 35.2. The summed E-state index contributed by atoms with van der Waals surface area (Å²) in [5, 5.41) is 32.3. The van der Waals surface area contributed by atoms with Gasteiger partial charge in [-0.15, -0.1) is 11.3 Å². The highest BCUT2D eigenvalue weighted by Gasteiger charge is 2.26. The van der Waals surface area contributed by atoms with Crippen LogP contribution in [0.5, 0.6) is 0 Å². The summed E-state index contributed by atoms with van der Waals surface area (Å²) in [5.41, 5.74) is 20.7. The van der Waals surface area contributed by atoms with Crippen molar-refractivity contribution < 1.29 is 8.83 Å². The Morgan fingerprint density at radius 2 is 0.485 bits per heavy atom. The maximum absolute atomic E-state index is 6.61. The molecule has 0 aliphatic rings. The zero-order chi connectivity index (χ0) is 89.7. The van der Waals surface area contributed by atoms with Gasteiger partial charge in [-0.25, -0.2) is 0 Å². The molecule has 0 bridgehead atoms. The number of furan rings is 2. The minimum atomic E-state index is 0.866. The number of hydrogen-bond donors (Lipinski definition) is 0. The van der Waals surface area contributed by atoms with Crippen molar-refractivity contribution in [2.24, 2.45) is 0 Å². The smallest absolute Gasteiger partial charge is 0.138 e.